The summed E-state index contributed by atoms with van der Waals surface area (Å²) in [6.07, 6.45) is 3.35. The van der Waals surface area contributed by atoms with Crippen LogP contribution < -0.4 is 10.6 Å². The Hall–Kier alpha value is -3.15. The first-order valence-electron chi connectivity index (χ1n) is 7.91. The van der Waals surface area contributed by atoms with Gasteiger partial charge in [-0.1, -0.05) is 36.4 Å². The third-order valence-electron chi connectivity index (χ3n) is 4.05. The second-order valence-electron chi connectivity index (χ2n) is 5.61. The van der Waals surface area contributed by atoms with Gasteiger partial charge in [-0.3, -0.25) is 4.68 Å². The van der Waals surface area contributed by atoms with E-state index in [2.05, 4.69) is 68.2 Å². The van der Waals surface area contributed by atoms with Gasteiger partial charge in [0.2, 0.25) is 0 Å². The maximum absolute atomic E-state index is 4.31. The van der Waals surface area contributed by atoms with Gasteiger partial charge in [0.25, 0.3) is 0 Å². The lowest BCUT2D eigenvalue weighted by atomic mass is 10.1. The van der Waals surface area contributed by atoms with Crippen LogP contribution in [-0.2, 0) is 7.05 Å². The third kappa shape index (κ3) is 2.62. The number of aromatic nitrogens is 4. The van der Waals surface area contributed by atoms with E-state index in [-0.39, 0.29) is 0 Å². The van der Waals surface area contributed by atoms with Crippen molar-refractivity contribution in [3.63, 3.8) is 0 Å². The SMILES string of the molecule is Cn1ncc2c(NCCNc3cccc4ccccc34)ncnc21. The first kappa shape index (κ1) is 14.4. The highest BCUT2D eigenvalue weighted by molar-refractivity contribution is 5.93. The van der Waals surface area contributed by atoms with Crippen LogP contribution in [0.3, 0.4) is 0 Å². The summed E-state index contributed by atoms with van der Waals surface area (Å²) in [5.41, 5.74) is 1.97. The number of fused-ring (bicyclic) bond motifs is 2. The fourth-order valence-electron chi connectivity index (χ4n) is 2.86. The number of hydrogen-bond donors (Lipinski definition) is 2. The monoisotopic (exact) mass is 318 g/mol. The van der Waals surface area contributed by atoms with Crippen LogP contribution in [0.4, 0.5) is 11.5 Å². The van der Waals surface area contributed by atoms with Crippen LogP contribution in [0.15, 0.2) is 55.0 Å². The number of rotatable bonds is 5. The normalized spacial score (nSPS) is 11.0. The lowest BCUT2D eigenvalue weighted by molar-refractivity contribution is 0.785. The van der Waals surface area contributed by atoms with Crippen LogP contribution in [0.1, 0.15) is 0 Å². The molecule has 0 unspecified atom stereocenters. The topological polar surface area (TPSA) is 67.7 Å². The Morgan fingerprint density at radius 1 is 0.917 bits per heavy atom. The van der Waals surface area contributed by atoms with Gasteiger partial charge in [-0.25, -0.2) is 9.97 Å². The molecule has 2 aromatic carbocycles. The number of nitrogens with one attached hydrogen (secondary N) is 2. The summed E-state index contributed by atoms with van der Waals surface area (Å²) in [5.74, 6) is 0.813. The van der Waals surface area contributed by atoms with Gasteiger partial charge < -0.3 is 10.6 Å². The van der Waals surface area contributed by atoms with Gasteiger partial charge in [-0.05, 0) is 11.5 Å². The molecule has 6 heteroatoms. The average molecular weight is 318 g/mol. The van der Waals surface area contributed by atoms with Gasteiger partial charge in [-0.2, -0.15) is 5.10 Å². The molecule has 0 aliphatic heterocycles. The Bertz CT molecular complexity index is 986. The van der Waals surface area contributed by atoms with Crippen molar-refractivity contribution in [2.75, 3.05) is 23.7 Å². The van der Waals surface area contributed by atoms with Crippen molar-refractivity contribution in [1.29, 1.82) is 0 Å². The predicted octanol–water partition coefficient (Wildman–Crippen LogP) is 3.04. The Labute approximate surface area is 139 Å². The number of anilines is 2. The van der Waals surface area contributed by atoms with Crippen molar-refractivity contribution >= 4 is 33.3 Å². The summed E-state index contributed by atoms with van der Waals surface area (Å²) >= 11 is 0. The van der Waals surface area contributed by atoms with Crippen LogP contribution in [0.2, 0.25) is 0 Å². The van der Waals surface area contributed by atoms with Crippen LogP contribution >= 0.6 is 0 Å². The molecule has 0 aliphatic rings. The second-order valence-corrected chi connectivity index (χ2v) is 5.61. The van der Waals surface area contributed by atoms with Crippen LogP contribution in [0, 0.1) is 0 Å². The quantitative estimate of drug-likeness (QED) is 0.554. The molecule has 0 radical (unpaired) electrons. The molecular formula is C18H18N6. The summed E-state index contributed by atoms with van der Waals surface area (Å²) in [5, 5.41) is 14.5. The largest absolute Gasteiger partial charge is 0.383 e. The molecule has 2 N–H and O–H groups in total. The van der Waals surface area contributed by atoms with Gasteiger partial charge in [0, 0.05) is 31.2 Å². The van der Waals surface area contributed by atoms with E-state index in [4.69, 9.17) is 0 Å². The fourth-order valence-corrected chi connectivity index (χ4v) is 2.86. The van der Waals surface area contributed by atoms with Crippen molar-refractivity contribution in [3.05, 3.63) is 55.0 Å². The van der Waals surface area contributed by atoms with Gasteiger partial charge >= 0.3 is 0 Å². The van der Waals surface area contributed by atoms with Crippen molar-refractivity contribution < 1.29 is 0 Å². The van der Waals surface area contributed by atoms with E-state index in [0.29, 0.717) is 0 Å². The smallest absolute Gasteiger partial charge is 0.163 e. The average Bonchev–Trinajstić information content (AvgIpc) is 3.01. The predicted molar refractivity (Wildman–Crippen MR) is 97.2 cm³/mol. The highest BCUT2D eigenvalue weighted by atomic mass is 15.3. The first-order chi connectivity index (χ1) is 11.8. The molecular weight excluding hydrogens is 300 g/mol. The van der Waals surface area contributed by atoms with E-state index in [9.17, 15) is 0 Å². The zero-order valence-corrected chi connectivity index (χ0v) is 13.4. The summed E-state index contributed by atoms with van der Waals surface area (Å²) in [7, 11) is 1.88. The first-order valence-corrected chi connectivity index (χ1v) is 7.91. The molecule has 0 amide bonds. The summed E-state index contributed by atoms with van der Waals surface area (Å²) < 4.78 is 1.75. The molecule has 120 valence electrons. The molecule has 2 heterocycles. The van der Waals surface area contributed by atoms with Gasteiger partial charge in [0.15, 0.2) is 5.65 Å². The van der Waals surface area contributed by atoms with Crippen LogP contribution in [0.25, 0.3) is 21.8 Å². The number of nitrogens with zero attached hydrogens (tertiary/aromatic N) is 4. The summed E-state index contributed by atoms with van der Waals surface area (Å²) in [6.45, 7) is 1.55. The van der Waals surface area contributed by atoms with Crippen molar-refractivity contribution in [2.24, 2.45) is 7.05 Å². The Morgan fingerprint density at radius 2 is 1.75 bits per heavy atom. The minimum absolute atomic E-state index is 0.754. The maximum Gasteiger partial charge on any atom is 0.163 e. The van der Waals surface area contributed by atoms with Crippen LogP contribution in [-0.4, -0.2) is 32.8 Å². The minimum atomic E-state index is 0.754. The van der Waals surface area contributed by atoms with Crippen molar-refractivity contribution in [3.8, 4) is 0 Å². The lowest BCUT2D eigenvalue weighted by Gasteiger charge is -2.11. The molecule has 4 aromatic rings. The molecule has 2 aromatic heterocycles. The molecule has 0 spiro atoms. The van der Waals surface area contributed by atoms with Crippen molar-refractivity contribution in [1.82, 2.24) is 19.7 Å². The highest BCUT2D eigenvalue weighted by Crippen LogP contribution is 2.22. The standard InChI is InChI=1S/C18H18N6/c1-24-18-15(11-23-24)17(21-12-22-18)20-10-9-19-16-8-4-6-13-5-2-3-7-14(13)16/h2-8,11-12,19H,9-10H2,1H3,(H,20,21,22). The van der Waals surface area contributed by atoms with E-state index in [1.807, 2.05) is 7.05 Å². The van der Waals surface area contributed by atoms with E-state index < -0.39 is 0 Å². The zero-order chi connectivity index (χ0) is 16.4. The maximum atomic E-state index is 4.31. The molecule has 0 saturated heterocycles. The van der Waals surface area contributed by atoms with Gasteiger partial charge in [0.1, 0.15) is 12.1 Å². The van der Waals surface area contributed by atoms with Gasteiger partial charge in [0.05, 0.1) is 11.6 Å². The van der Waals surface area contributed by atoms with Crippen LogP contribution in [0.5, 0.6) is 0 Å². The lowest BCUT2D eigenvalue weighted by Crippen LogP contribution is -2.14. The molecule has 24 heavy (non-hydrogen) atoms. The third-order valence-corrected chi connectivity index (χ3v) is 4.05. The van der Waals surface area contributed by atoms with Gasteiger partial charge in [-0.15, -0.1) is 0 Å². The molecule has 0 aliphatic carbocycles. The fraction of sp³-hybridized carbons (Fsp3) is 0.167. The number of hydrogen-bond acceptors (Lipinski definition) is 5. The molecule has 0 saturated carbocycles. The Kier molecular flexibility index (Phi) is 3.70. The van der Waals surface area contributed by atoms with E-state index in [1.165, 1.54) is 10.8 Å². The molecule has 0 atom stereocenters. The van der Waals surface area contributed by atoms with Crippen molar-refractivity contribution in [2.45, 2.75) is 0 Å². The highest BCUT2D eigenvalue weighted by Gasteiger charge is 2.07. The molecule has 4 rings (SSSR count). The van der Waals surface area contributed by atoms with E-state index in [1.54, 1.807) is 17.2 Å². The van der Waals surface area contributed by atoms with E-state index in [0.717, 1.165) is 35.6 Å². The number of aryl methyl sites for hydroxylation is 1. The van der Waals surface area contributed by atoms with E-state index >= 15 is 0 Å². The zero-order valence-electron chi connectivity index (χ0n) is 13.4. The second kappa shape index (κ2) is 6.16. The Morgan fingerprint density at radius 3 is 2.71 bits per heavy atom. The molecule has 0 fully saturated rings. The number of benzene rings is 2. The summed E-state index contributed by atoms with van der Waals surface area (Å²) in [6, 6.07) is 14.7. The minimum Gasteiger partial charge on any atom is -0.383 e. The molecule has 0 bridgehead atoms. The summed E-state index contributed by atoms with van der Waals surface area (Å²) in [4.78, 5) is 8.56. The molecule has 6 nitrogen and oxygen atoms in total. The Balaban J connectivity index is 1.44.